The third-order valence-corrected chi connectivity index (χ3v) is 4.49. The van der Waals surface area contributed by atoms with Crippen molar-refractivity contribution in [3.05, 3.63) is 76.9 Å². The van der Waals surface area contributed by atoms with E-state index in [9.17, 15) is 9.59 Å². The van der Waals surface area contributed by atoms with Crippen molar-refractivity contribution in [2.75, 3.05) is 6.54 Å². The predicted octanol–water partition coefficient (Wildman–Crippen LogP) is 2.20. The van der Waals surface area contributed by atoms with E-state index >= 15 is 0 Å². The van der Waals surface area contributed by atoms with Crippen molar-refractivity contribution in [3.63, 3.8) is 0 Å². The van der Waals surface area contributed by atoms with Crippen LogP contribution in [-0.4, -0.2) is 37.3 Å². The largest absolute Gasteiger partial charge is 0.328 e. The van der Waals surface area contributed by atoms with Crippen LogP contribution >= 0.6 is 0 Å². The molecule has 0 spiro atoms. The lowest BCUT2D eigenvalue weighted by Gasteiger charge is -2.24. The molecular weight excluding hydrogens is 330 g/mol. The van der Waals surface area contributed by atoms with Gasteiger partial charge in [0.05, 0.1) is 11.7 Å². The number of hydrogen-bond acceptors (Lipinski definition) is 5. The number of aromatic amines is 1. The fourth-order valence-electron chi connectivity index (χ4n) is 3.26. The second-order valence-corrected chi connectivity index (χ2v) is 6.14. The van der Waals surface area contributed by atoms with E-state index in [1.807, 2.05) is 0 Å². The molecule has 26 heavy (non-hydrogen) atoms. The van der Waals surface area contributed by atoms with Gasteiger partial charge in [0.1, 0.15) is 5.82 Å². The van der Waals surface area contributed by atoms with Crippen molar-refractivity contribution in [2.24, 2.45) is 0 Å². The summed E-state index contributed by atoms with van der Waals surface area (Å²) >= 11 is 0. The van der Waals surface area contributed by atoms with Crippen LogP contribution in [0, 0.1) is 0 Å². The molecule has 1 saturated heterocycles. The van der Waals surface area contributed by atoms with Crippen molar-refractivity contribution in [1.82, 2.24) is 24.8 Å². The van der Waals surface area contributed by atoms with Crippen LogP contribution in [0.1, 0.15) is 35.1 Å². The Morgan fingerprint density at radius 3 is 2.50 bits per heavy atom. The highest BCUT2D eigenvalue weighted by Crippen LogP contribution is 2.31. The summed E-state index contributed by atoms with van der Waals surface area (Å²) in [5, 5.41) is 0. The van der Waals surface area contributed by atoms with Crippen LogP contribution in [-0.2, 0) is 0 Å². The van der Waals surface area contributed by atoms with E-state index in [0.29, 0.717) is 23.6 Å². The third kappa shape index (κ3) is 3.11. The molecular formula is C19H17N5O2. The molecule has 1 aliphatic heterocycles. The maximum atomic E-state index is 12.8. The van der Waals surface area contributed by atoms with Gasteiger partial charge in [0.15, 0.2) is 0 Å². The quantitative estimate of drug-likeness (QED) is 0.784. The molecule has 3 aromatic heterocycles. The second kappa shape index (κ2) is 6.87. The van der Waals surface area contributed by atoms with Gasteiger partial charge in [-0.25, -0.2) is 4.98 Å². The highest BCUT2D eigenvalue weighted by atomic mass is 16.2. The zero-order chi connectivity index (χ0) is 17.9. The average molecular weight is 347 g/mol. The van der Waals surface area contributed by atoms with Crippen molar-refractivity contribution in [1.29, 1.82) is 0 Å². The Morgan fingerprint density at radius 1 is 1.08 bits per heavy atom. The van der Waals surface area contributed by atoms with Gasteiger partial charge in [-0.2, -0.15) is 0 Å². The van der Waals surface area contributed by atoms with Gasteiger partial charge in [0.2, 0.25) is 0 Å². The Kier molecular flexibility index (Phi) is 4.27. The lowest BCUT2D eigenvalue weighted by atomic mass is 10.1. The summed E-state index contributed by atoms with van der Waals surface area (Å²) in [5.74, 6) is 0.441. The van der Waals surface area contributed by atoms with Gasteiger partial charge in [0, 0.05) is 48.5 Å². The van der Waals surface area contributed by atoms with E-state index in [-0.39, 0.29) is 17.5 Å². The van der Waals surface area contributed by atoms with E-state index < -0.39 is 0 Å². The maximum absolute atomic E-state index is 12.8. The molecule has 0 saturated carbocycles. The van der Waals surface area contributed by atoms with Gasteiger partial charge in [-0.3, -0.25) is 19.6 Å². The lowest BCUT2D eigenvalue weighted by Crippen LogP contribution is -2.32. The lowest BCUT2D eigenvalue weighted by molar-refractivity contribution is 0.0729. The fraction of sp³-hybridized carbons (Fsp3) is 0.211. The summed E-state index contributed by atoms with van der Waals surface area (Å²) in [6.07, 6.45) is 8.15. The number of hydrogen-bond donors (Lipinski definition) is 1. The van der Waals surface area contributed by atoms with Gasteiger partial charge < -0.3 is 9.88 Å². The van der Waals surface area contributed by atoms with E-state index in [1.165, 1.54) is 6.07 Å². The van der Waals surface area contributed by atoms with Crippen LogP contribution in [0.3, 0.4) is 0 Å². The standard InChI is InChI=1S/C19H17N5O2/c25-17-12-15(13-3-7-20-8-4-13)22-18(23-17)16-2-1-11-24(16)19(26)14-5-9-21-10-6-14/h3-10,12,16H,1-2,11H2,(H,22,23,25)/t16-/m0/s1. The fourth-order valence-corrected chi connectivity index (χ4v) is 3.26. The normalized spacial score (nSPS) is 16.6. The molecule has 0 unspecified atom stereocenters. The molecule has 1 amide bonds. The van der Waals surface area contributed by atoms with Crippen LogP contribution in [0.15, 0.2) is 59.9 Å². The minimum absolute atomic E-state index is 0.0770. The zero-order valence-electron chi connectivity index (χ0n) is 14.0. The minimum atomic E-state index is -0.245. The van der Waals surface area contributed by atoms with Crippen LogP contribution in [0.2, 0.25) is 0 Å². The van der Waals surface area contributed by atoms with Crippen LogP contribution in [0.4, 0.5) is 0 Å². The zero-order valence-corrected chi connectivity index (χ0v) is 14.0. The number of nitrogens with one attached hydrogen (secondary N) is 1. The summed E-state index contributed by atoms with van der Waals surface area (Å²) < 4.78 is 0. The second-order valence-electron chi connectivity index (χ2n) is 6.14. The summed E-state index contributed by atoms with van der Waals surface area (Å²) in [6.45, 7) is 0.634. The highest BCUT2D eigenvalue weighted by molar-refractivity contribution is 5.94. The Labute approximate surface area is 149 Å². The molecule has 0 radical (unpaired) electrons. The molecule has 4 heterocycles. The molecule has 1 aliphatic rings. The predicted molar refractivity (Wildman–Crippen MR) is 95.3 cm³/mol. The molecule has 1 atom stereocenters. The Balaban J connectivity index is 1.69. The van der Waals surface area contributed by atoms with Crippen molar-refractivity contribution in [2.45, 2.75) is 18.9 Å². The molecule has 7 nitrogen and oxygen atoms in total. The van der Waals surface area contributed by atoms with Gasteiger partial charge in [0.25, 0.3) is 11.5 Å². The number of pyridine rings is 2. The average Bonchev–Trinajstić information content (AvgIpc) is 3.18. The number of aromatic nitrogens is 4. The first-order valence-corrected chi connectivity index (χ1v) is 8.45. The highest BCUT2D eigenvalue weighted by Gasteiger charge is 2.32. The summed E-state index contributed by atoms with van der Waals surface area (Å²) in [5.41, 5.74) is 1.75. The number of amides is 1. The first-order chi connectivity index (χ1) is 12.7. The number of nitrogens with zero attached hydrogens (tertiary/aromatic N) is 4. The van der Waals surface area contributed by atoms with Crippen molar-refractivity contribution >= 4 is 5.91 Å². The Morgan fingerprint density at radius 2 is 1.77 bits per heavy atom. The molecule has 3 aromatic rings. The SMILES string of the molecule is O=C(c1ccncc1)N1CCC[C@H]1c1nc(-c2ccncc2)cc(=O)[nH]1. The smallest absolute Gasteiger partial charge is 0.254 e. The molecule has 0 aliphatic carbocycles. The van der Waals surface area contributed by atoms with E-state index in [1.54, 1.807) is 54.0 Å². The van der Waals surface area contributed by atoms with Gasteiger partial charge in [-0.05, 0) is 37.1 Å². The summed E-state index contributed by atoms with van der Waals surface area (Å²) in [4.78, 5) is 42.1. The third-order valence-electron chi connectivity index (χ3n) is 4.49. The van der Waals surface area contributed by atoms with Crippen LogP contribution in [0.25, 0.3) is 11.3 Å². The van der Waals surface area contributed by atoms with Gasteiger partial charge >= 0.3 is 0 Å². The first kappa shape index (κ1) is 16.1. The van der Waals surface area contributed by atoms with Gasteiger partial charge in [-0.15, -0.1) is 0 Å². The molecule has 4 rings (SSSR count). The van der Waals surface area contributed by atoms with E-state index in [4.69, 9.17) is 0 Å². The summed E-state index contributed by atoms with van der Waals surface area (Å²) in [7, 11) is 0. The van der Waals surface area contributed by atoms with Gasteiger partial charge in [-0.1, -0.05) is 0 Å². The Hall–Kier alpha value is -3.35. The first-order valence-electron chi connectivity index (χ1n) is 8.45. The molecule has 0 aromatic carbocycles. The molecule has 130 valence electrons. The monoisotopic (exact) mass is 347 g/mol. The maximum Gasteiger partial charge on any atom is 0.254 e. The number of rotatable bonds is 3. The molecule has 7 heteroatoms. The molecule has 1 fully saturated rings. The summed E-state index contributed by atoms with van der Waals surface area (Å²) in [6, 6.07) is 8.22. The molecule has 0 bridgehead atoms. The van der Waals surface area contributed by atoms with Crippen molar-refractivity contribution in [3.8, 4) is 11.3 Å². The minimum Gasteiger partial charge on any atom is -0.328 e. The van der Waals surface area contributed by atoms with Crippen molar-refractivity contribution < 1.29 is 4.79 Å². The number of carbonyl (C=O) groups excluding carboxylic acids is 1. The van der Waals surface area contributed by atoms with Crippen LogP contribution in [0.5, 0.6) is 0 Å². The molecule has 1 N–H and O–H groups in total. The van der Waals surface area contributed by atoms with E-state index in [2.05, 4.69) is 19.9 Å². The Bertz CT molecular complexity index is 972. The number of carbonyl (C=O) groups is 1. The van der Waals surface area contributed by atoms with E-state index in [0.717, 1.165) is 18.4 Å². The number of likely N-dealkylation sites (tertiary alicyclic amines) is 1. The number of H-pyrrole nitrogens is 1. The topological polar surface area (TPSA) is 91.8 Å². The van der Waals surface area contributed by atoms with Crippen LogP contribution < -0.4 is 5.56 Å².